The molecule has 0 spiro atoms. The zero-order valence-corrected chi connectivity index (χ0v) is 13.7. The third-order valence-electron chi connectivity index (χ3n) is 3.96. The Balaban J connectivity index is 2.19. The summed E-state index contributed by atoms with van der Waals surface area (Å²) in [6.45, 7) is 7.97. The molecule has 1 aliphatic rings. The molecule has 1 atom stereocenters. The summed E-state index contributed by atoms with van der Waals surface area (Å²) in [7, 11) is 2.03. The third kappa shape index (κ3) is 3.38. The highest BCUT2D eigenvalue weighted by atomic mass is 79.9. The minimum absolute atomic E-state index is 0.205. The van der Waals surface area contributed by atoms with Crippen molar-refractivity contribution in [2.75, 3.05) is 26.3 Å². The number of rotatable bonds is 5. The number of nitrogens with zero attached hydrogens (tertiary/aromatic N) is 2. The number of ether oxygens (including phenoxy) is 1. The smallest absolute Gasteiger partial charge is 0.0738 e. The first-order valence-electron chi connectivity index (χ1n) is 7.04. The van der Waals surface area contributed by atoms with Gasteiger partial charge in [0.1, 0.15) is 0 Å². The first-order chi connectivity index (χ1) is 9.08. The minimum Gasteiger partial charge on any atom is -0.381 e. The Hall–Kier alpha value is -0.390. The molecular formula is C14H24BrN3O. The molecule has 2 rings (SSSR count). The molecule has 1 fully saturated rings. The van der Waals surface area contributed by atoms with E-state index in [2.05, 4.69) is 33.3 Å². The van der Waals surface area contributed by atoms with Gasteiger partial charge in [0.2, 0.25) is 0 Å². The molecule has 1 saturated heterocycles. The van der Waals surface area contributed by atoms with E-state index in [1.165, 1.54) is 12.1 Å². The maximum absolute atomic E-state index is 5.76. The molecule has 4 nitrogen and oxygen atoms in total. The highest BCUT2D eigenvalue weighted by Crippen LogP contribution is 2.34. The average Bonchev–Trinajstić information content (AvgIpc) is 2.64. The van der Waals surface area contributed by atoms with Crippen molar-refractivity contribution >= 4 is 15.9 Å². The lowest BCUT2D eigenvalue weighted by Crippen LogP contribution is -2.43. The highest BCUT2D eigenvalue weighted by molar-refractivity contribution is 9.10. The van der Waals surface area contributed by atoms with Crippen LogP contribution in [0.5, 0.6) is 0 Å². The number of halogens is 1. The van der Waals surface area contributed by atoms with Crippen molar-refractivity contribution in [2.24, 2.45) is 12.5 Å². The van der Waals surface area contributed by atoms with Gasteiger partial charge in [0.15, 0.2) is 0 Å². The molecule has 0 aliphatic carbocycles. The Morgan fingerprint density at radius 1 is 1.53 bits per heavy atom. The number of aromatic nitrogens is 2. The molecular weight excluding hydrogens is 306 g/mol. The molecule has 1 aliphatic heterocycles. The van der Waals surface area contributed by atoms with E-state index >= 15 is 0 Å². The predicted molar refractivity (Wildman–Crippen MR) is 80.4 cm³/mol. The summed E-state index contributed by atoms with van der Waals surface area (Å²) in [5.41, 5.74) is 2.55. The van der Waals surface area contributed by atoms with E-state index in [4.69, 9.17) is 4.74 Å². The Labute approximate surface area is 124 Å². The van der Waals surface area contributed by atoms with Crippen molar-refractivity contribution in [1.29, 1.82) is 0 Å². The highest BCUT2D eigenvalue weighted by Gasteiger charge is 2.34. The molecule has 1 aromatic heterocycles. The van der Waals surface area contributed by atoms with Crippen molar-refractivity contribution in [3.63, 3.8) is 0 Å². The predicted octanol–water partition coefficient (Wildman–Crippen LogP) is 2.44. The summed E-state index contributed by atoms with van der Waals surface area (Å²) >= 11 is 3.68. The van der Waals surface area contributed by atoms with E-state index in [1.54, 1.807) is 0 Å². The summed E-state index contributed by atoms with van der Waals surface area (Å²) in [6.07, 6.45) is 3.38. The van der Waals surface area contributed by atoms with Gasteiger partial charge in [0.05, 0.1) is 22.5 Å². The molecule has 108 valence electrons. The summed E-state index contributed by atoms with van der Waals surface area (Å²) in [5, 5.41) is 8.00. The molecule has 0 radical (unpaired) electrons. The first-order valence-corrected chi connectivity index (χ1v) is 7.84. The van der Waals surface area contributed by atoms with Gasteiger partial charge in [-0.1, -0.05) is 6.92 Å². The lowest BCUT2D eigenvalue weighted by Gasteiger charge is -2.37. The van der Waals surface area contributed by atoms with E-state index in [9.17, 15) is 0 Å². The van der Waals surface area contributed by atoms with Crippen LogP contribution in [0.25, 0.3) is 0 Å². The van der Waals surface area contributed by atoms with Crippen LogP contribution in [0.2, 0.25) is 0 Å². The van der Waals surface area contributed by atoms with E-state index in [-0.39, 0.29) is 5.41 Å². The van der Waals surface area contributed by atoms with Crippen LogP contribution in [-0.4, -0.2) is 36.1 Å². The van der Waals surface area contributed by atoms with E-state index in [1.807, 2.05) is 18.7 Å². The molecule has 0 bridgehead atoms. The maximum atomic E-state index is 5.76. The fraction of sp³-hybridized carbons (Fsp3) is 0.786. The Morgan fingerprint density at radius 2 is 2.32 bits per heavy atom. The van der Waals surface area contributed by atoms with Crippen molar-refractivity contribution in [3.05, 3.63) is 15.9 Å². The fourth-order valence-corrected chi connectivity index (χ4v) is 3.35. The van der Waals surface area contributed by atoms with Crippen molar-refractivity contribution < 1.29 is 4.74 Å². The second-order valence-electron chi connectivity index (χ2n) is 5.58. The summed E-state index contributed by atoms with van der Waals surface area (Å²) in [6, 6.07) is 0. The number of aryl methyl sites for hydroxylation is 2. The quantitative estimate of drug-likeness (QED) is 0.901. The molecule has 0 saturated carbocycles. The van der Waals surface area contributed by atoms with Crippen LogP contribution in [0.1, 0.15) is 31.2 Å². The van der Waals surface area contributed by atoms with Gasteiger partial charge in [-0.25, -0.2) is 0 Å². The van der Waals surface area contributed by atoms with Gasteiger partial charge in [-0.05, 0) is 48.7 Å². The van der Waals surface area contributed by atoms with E-state index < -0.39 is 0 Å². The van der Waals surface area contributed by atoms with Gasteiger partial charge < -0.3 is 10.1 Å². The summed E-state index contributed by atoms with van der Waals surface area (Å²) < 4.78 is 8.91. The Morgan fingerprint density at radius 3 is 2.84 bits per heavy atom. The molecule has 0 amide bonds. The van der Waals surface area contributed by atoms with Crippen LogP contribution in [0.3, 0.4) is 0 Å². The molecule has 19 heavy (non-hydrogen) atoms. The second kappa shape index (κ2) is 6.37. The Kier molecular flexibility index (Phi) is 5.03. The zero-order chi connectivity index (χ0) is 13.9. The van der Waals surface area contributed by atoms with Crippen LogP contribution < -0.4 is 5.32 Å². The van der Waals surface area contributed by atoms with Crippen molar-refractivity contribution in [2.45, 2.75) is 33.1 Å². The minimum atomic E-state index is 0.205. The van der Waals surface area contributed by atoms with Gasteiger partial charge in [-0.2, -0.15) is 5.10 Å². The largest absolute Gasteiger partial charge is 0.381 e. The van der Waals surface area contributed by atoms with Gasteiger partial charge in [-0.3, -0.25) is 4.68 Å². The van der Waals surface area contributed by atoms with Crippen LogP contribution in [-0.2, 0) is 18.2 Å². The van der Waals surface area contributed by atoms with Crippen molar-refractivity contribution in [3.8, 4) is 0 Å². The average molecular weight is 330 g/mol. The second-order valence-corrected chi connectivity index (χ2v) is 6.38. The maximum Gasteiger partial charge on any atom is 0.0738 e. The van der Waals surface area contributed by atoms with Gasteiger partial charge in [-0.15, -0.1) is 0 Å². The SMILES string of the molecule is CCNCC1(Cc2c(Br)c(C)nn2C)CCCOC1. The molecule has 5 heteroatoms. The third-order valence-corrected chi connectivity index (χ3v) is 4.99. The molecule has 0 aromatic carbocycles. The van der Waals surface area contributed by atoms with Crippen LogP contribution in [0.15, 0.2) is 4.47 Å². The molecule has 1 aromatic rings. The molecule has 1 unspecified atom stereocenters. The lowest BCUT2D eigenvalue weighted by molar-refractivity contribution is -0.00788. The number of hydrogen-bond acceptors (Lipinski definition) is 3. The van der Waals surface area contributed by atoms with Crippen LogP contribution in [0.4, 0.5) is 0 Å². The topological polar surface area (TPSA) is 39.1 Å². The zero-order valence-electron chi connectivity index (χ0n) is 12.1. The van der Waals surface area contributed by atoms with E-state index in [0.29, 0.717) is 0 Å². The van der Waals surface area contributed by atoms with Crippen molar-refractivity contribution in [1.82, 2.24) is 15.1 Å². The first kappa shape index (κ1) is 15.0. The van der Waals surface area contributed by atoms with Gasteiger partial charge in [0, 0.05) is 25.6 Å². The number of nitrogens with one attached hydrogen (secondary N) is 1. The van der Waals surface area contributed by atoms with E-state index in [0.717, 1.165) is 49.3 Å². The summed E-state index contributed by atoms with van der Waals surface area (Å²) in [4.78, 5) is 0. The fourth-order valence-electron chi connectivity index (χ4n) is 2.87. The standard InChI is InChI=1S/C14H24BrN3O/c1-4-16-9-14(6-5-7-19-10-14)8-12-13(15)11(2)17-18(12)3/h16H,4-10H2,1-3H3. The normalized spacial score (nSPS) is 23.8. The lowest BCUT2D eigenvalue weighted by atomic mass is 9.78. The van der Waals surface area contributed by atoms with Crippen LogP contribution in [0, 0.1) is 12.3 Å². The molecule has 1 N–H and O–H groups in total. The van der Waals surface area contributed by atoms with Gasteiger partial charge >= 0.3 is 0 Å². The van der Waals surface area contributed by atoms with Crippen LogP contribution >= 0.6 is 15.9 Å². The van der Waals surface area contributed by atoms with Gasteiger partial charge in [0.25, 0.3) is 0 Å². The monoisotopic (exact) mass is 329 g/mol. The summed E-state index contributed by atoms with van der Waals surface area (Å²) in [5.74, 6) is 0. The molecule has 2 heterocycles. The number of hydrogen-bond donors (Lipinski definition) is 1. The Bertz CT molecular complexity index is 425.